The van der Waals surface area contributed by atoms with Gasteiger partial charge in [-0.05, 0) is 54.3 Å². The first-order valence-corrected chi connectivity index (χ1v) is 15.6. The maximum Gasteiger partial charge on any atom is 0.335 e. The van der Waals surface area contributed by atoms with Gasteiger partial charge in [-0.1, -0.05) is 86.1 Å². The standard InChI is InChI=1S/C38H39N3O4/c1-3-4-20-41-33(36(30-11-6-5-7-12-30)39-37(41)32-13-9-8-10-27(32)2)26-40(24-28-14-17-31(18-15-28)38(42)43)25-29-16-19-34-35(23-29)45-22-21-44-34/h5-19,23H,3-4,20-22,24-26H2,1-2H3,(H,42,43). The van der Waals surface area contributed by atoms with Crippen LogP contribution < -0.4 is 9.47 Å². The van der Waals surface area contributed by atoms with E-state index in [-0.39, 0.29) is 5.56 Å². The van der Waals surface area contributed by atoms with E-state index in [1.165, 1.54) is 5.56 Å². The molecule has 0 bridgehead atoms. The predicted molar refractivity (Wildman–Crippen MR) is 177 cm³/mol. The molecule has 1 aliphatic heterocycles. The van der Waals surface area contributed by atoms with Crippen LogP contribution in [0, 0.1) is 6.92 Å². The van der Waals surface area contributed by atoms with Gasteiger partial charge < -0.3 is 19.1 Å². The minimum absolute atomic E-state index is 0.281. The van der Waals surface area contributed by atoms with Gasteiger partial charge in [-0.3, -0.25) is 4.90 Å². The number of unbranched alkanes of at least 4 members (excludes halogenated alkanes) is 1. The fourth-order valence-electron chi connectivity index (χ4n) is 5.90. The number of aromatic nitrogens is 2. The largest absolute Gasteiger partial charge is 0.486 e. The van der Waals surface area contributed by atoms with Crippen molar-refractivity contribution in [3.63, 3.8) is 0 Å². The Balaban J connectivity index is 1.44. The molecule has 0 saturated carbocycles. The van der Waals surface area contributed by atoms with E-state index in [2.05, 4.69) is 84.0 Å². The molecule has 0 spiro atoms. The highest BCUT2D eigenvalue weighted by Crippen LogP contribution is 2.34. The zero-order valence-electron chi connectivity index (χ0n) is 25.9. The normalized spacial score (nSPS) is 12.4. The Hall–Kier alpha value is -4.88. The van der Waals surface area contributed by atoms with Crippen molar-refractivity contribution < 1.29 is 19.4 Å². The van der Waals surface area contributed by atoms with Gasteiger partial charge in [0.15, 0.2) is 11.5 Å². The Morgan fingerprint density at radius 1 is 0.844 bits per heavy atom. The highest BCUT2D eigenvalue weighted by molar-refractivity contribution is 5.87. The third-order valence-corrected chi connectivity index (χ3v) is 8.23. The number of rotatable bonds is 12. The lowest BCUT2D eigenvalue weighted by atomic mass is 10.1. The summed E-state index contributed by atoms with van der Waals surface area (Å²) in [5, 5.41) is 9.46. The number of hydrogen-bond acceptors (Lipinski definition) is 5. The van der Waals surface area contributed by atoms with E-state index < -0.39 is 5.97 Å². The van der Waals surface area contributed by atoms with Crippen LogP contribution in [0.4, 0.5) is 0 Å². The fourth-order valence-corrected chi connectivity index (χ4v) is 5.90. The van der Waals surface area contributed by atoms with E-state index in [0.29, 0.717) is 32.8 Å². The summed E-state index contributed by atoms with van der Waals surface area (Å²) >= 11 is 0. The second kappa shape index (κ2) is 13.8. The molecule has 0 radical (unpaired) electrons. The lowest BCUT2D eigenvalue weighted by Gasteiger charge is -2.26. The van der Waals surface area contributed by atoms with Gasteiger partial charge in [0, 0.05) is 37.3 Å². The Kier molecular flexibility index (Phi) is 9.27. The number of ether oxygens (including phenoxy) is 2. The van der Waals surface area contributed by atoms with Gasteiger partial charge in [-0.15, -0.1) is 0 Å². The second-order valence-corrected chi connectivity index (χ2v) is 11.5. The zero-order chi connectivity index (χ0) is 31.2. The summed E-state index contributed by atoms with van der Waals surface area (Å²) in [7, 11) is 0. The van der Waals surface area contributed by atoms with Gasteiger partial charge >= 0.3 is 5.97 Å². The number of aryl methyl sites for hydroxylation is 1. The summed E-state index contributed by atoms with van der Waals surface area (Å²) < 4.78 is 14.1. The summed E-state index contributed by atoms with van der Waals surface area (Å²) in [6.45, 7) is 8.24. The molecule has 45 heavy (non-hydrogen) atoms. The summed E-state index contributed by atoms with van der Waals surface area (Å²) in [6, 6.07) is 32.2. The molecule has 5 aromatic rings. The average molecular weight is 602 g/mol. The molecule has 0 aliphatic carbocycles. The summed E-state index contributed by atoms with van der Waals surface area (Å²) in [4.78, 5) is 19.3. The Morgan fingerprint density at radius 2 is 1.53 bits per heavy atom. The molecule has 0 atom stereocenters. The number of fused-ring (bicyclic) bond motifs is 1. The summed E-state index contributed by atoms with van der Waals surface area (Å²) in [5.41, 5.74) is 7.99. The van der Waals surface area contributed by atoms with Gasteiger partial charge in [0.2, 0.25) is 0 Å². The molecule has 4 aromatic carbocycles. The molecule has 230 valence electrons. The van der Waals surface area contributed by atoms with Crippen molar-refractivity contribution in [2.45, 2.75) is 52.9 Å². The molecule has 7 heteroatoms. The van der Waals surface area contributed by atoms with Crippen molar-refractivity contribution in [3.05, 3.63) is 125 Å². The van der Waals surface area contributed by atoms with Gasteiger partial charge in [0.25, 0.3) is 0 Å². The highest BCUT2D eigenvalue weighted by Gasteiger charge is 2.23. The van der Waals surface area contributed by atoms with Crippen molar-refractivity contribution in [2.75, 3.05) is 13.2 Å². The molecule has 2 heterocycles. The van der Waals surface area contributed by atoms with Crippen LogP contribution in [0.3, 0.4) is 0 Å². The molecule has 6 rings (SSSR count). The quantitative estimate of drug-likeness (QED) is 0.156. The van der Waals surface area contributed by atoms with E-state index in [9.17, 15) is 9.90 Å². The number of carboxylic acid groups (broad SMARTS) is 1. The van der Waals surface area contributed by atoms with Crippen LogP contribution in [0.15, 0.2) is 97.1 Å². The molecule has 1 aromatic heterocycles. The molecule has 0 amide bonds. The van der Waals surface area contributed by atoms with Crippen LogP contribution in [-0.2, 0) is 26.2 Å². The van der Waals surface area contributed by atoms with E-state index in [1.807, 2.05) is 24.3 Å². The fraction of sp³-hybridized carbons (Fsp3) is 0.263. The Bertz CT molecular complexity index is 1760. The number of benzene rings is 4. The topological polar surface area (TPSA) is 76.8 Å². The van der Waals surface area contributed by atoms with Gasteiger partial charge in [-0.2, -0.15) is 0 Å². The van der Waals surface area contributed by atoms with Gasteiger partial charge in [0.05, 0.1) is 17.0 Å². The van der Waals surface area contributed by atoms with Crippen molar-refractivity contribution in [1.82, 2.24) is 14.5 Å². The molecule has 1 aliphatic rings. The van der Waals surface area contributed by atoms with Gasteiger partial charge in [0.1, 0.15) is 19.0 Å². The minimum Gasteiger partial charge on any atom is -0.486 e. The van der Waals surface area contributed by atoms with E-state index >= 15 is 0 Å². The van der Waals surface area contributed by atoms with E-state index in [1.54, 1.807) is 12.1 Å². The molecular weight excluding hydrogens is 562 g/mol. The predicted octanol–water partition coefficient (Wildman–Crippen LogP) is 8.00. The first kappa shape index (κ1) is 30.2. The molecule has 0 saturated heterocycles. The third kappa shape index (κ3) is 6.94. The number of carbonyl (C=O) groups is 1. The zero-order valence-corrected chi connectivity index (χ0v) is 25.9. The smallest absolute Gasteiger partial charge is 0.335 e. The molecule has 0 fully saturated rings. The third-order valence-electron chi connectivity index (χ3n) is 8.23. The SMILES string of the molecule is CCCCn1c(-c2ccccc2C)nc(-c2ccccc2)c1CN(Cc1ccc(C(=O)O)cc1)Cc1ccc2c(c1)OCCO2. The molecule has 1 N–H and O–H groups in total. The number of imidazole rings is 1. The maximum atomic E-state index is 11.5. The monoisotopic (exact) mass is 601 g/mol. The van der Waals surface area contributed by atoms with E-state index in [0.717, 1.165) is 70.4 Å². The Morgan fingerprint density at radius 3 is 2.27 bits per heavy atom. The molecule has 7 nitrogen and oxygen atoms in total. The van der Waals surface area contributed by atoms with Crippen LogP contribution >= 0.6 is 0 Å². The van der Waals surface area contributed by atoms with Crippen molar-refractivity contribution in [2.24, 2.45) is 0 Å². The number of hydrogen-bond donors (Lipinski definition) is 1. The Labute approximate surface area is 264 Å². The van der Waals surface area contributed by atoms with Crippen molar-refractivity contribution >= 4 is 5.97 Å². The second-order valence-electron chi connectivity index (χ2n) is 11.5. The van der Waals surface area contributed by atoms with Crippen LogP contribution in [0.1, 0.15) is 52.5 Å². The minimum atomic E-state index is -0.925. The molecule has 0 unspecified atom stereocenters. The van der Waals surface area contributed by atoms with Crippen LogP contribution in [0.25, 0.3) is 22.6 Å². The average Bonchev–Trinajstić information content (AvgIpc) is 3.41. The van der Waals surface area contributed by atoms with Crippen LogP contribution in [0.5, 0.6) is 11.5 Å². The first-order chi connectivity index (χ1) is 22.0. The summed E-state index contributed by atoms with van der Waals surface area (Å²) in [5.74, 6) is 1.60. The molecular formula is C38H39N3O4. The number of carboxylic acids is 1. The van der Waals surface area contributed by atoms with Crippen molar-refractivity contribution in [3.8, 4) is 34.1 Å². The lowest BCUT2D eigenvalue weighted by molar-refractivity contribution is 0.0697. The lowest BCUT2D eigenvalue weighted by Crippen LogP contribution is -2.25. The van der Waals surface area contributed by atoms with Crippen molar-refractivity contribution in [1.29, 1.82) is 0 Å². The maximum absolute atomic E-state index is 11.5. The van der Waals surface area contributed by atoms with Gasteiger partial charge in [-0.25, -0.2) is 9.78 Å². The number of nitrogens with zero attached hydrogens (tertiary/aromatic N) is 3. The summed E-state index contributed by atoms with van der Waals surface area (Å²) in [6.07, 6.45) is 2.11. The first-order valence-electron chi connectivity index (χ1n) is 15.6. The van der Waals surface area contributed by atoms with Crippen LogP contribution in [-0.4, -0.2) is 38.7 Å². The number of aromatic carboxylic acids is 1. The van der Waals surface area contributed by atoms with E-state index in [4.69, 9.17) is 14.5 Å². The highest BCUT2D eigenvalue weighted by atomic mass is 16.6. The van der Waals surface area contributed by atoms with Crippen LogP contribution in [0.2, 0.25) is 0 Å².